The summed E-state index contributed by atoms with van der Waals surface area (Å²) in [6.07, 6.45) is 5.50. The van der Waals surface area contributed by atoms with Crippen molar-refractivity contribution < 1.29 is 23.0 Å². The van der Waals surface area contributed by atoms with E-state index >= 15 is 0 Å². The van der Waals surface area contributed by atoms with Gasteiger partial charge in [-0.2, -0.15) is 15.2 Å². The van der Waals surface area contributed by atoms with Crippen LogP contribution < -0.4 is 14.4 Å². The lowest BCUT2D eigenvalue weighted by atomic mass is 9.75. The molecule has 1 unspecified atom stereocenters. The first-order valence-corrected chi connectivity index (χ1v) is 14.7. The lowest BCUT2D eigenvalue weighted by Gasteiger charge is -2.44. The Morgan fingerprint density at radius 1 is 1.24 bits per heavy atom. The van der Waals surface area contributed by atoms with Crippen LogP contribution in [0.4, 0.5) is 14.6 Å². The minimum Gasteiger partial charge on any atom is -0.466 e. The molecule has 1 spiro atoms. The van der Waals surface area contributed by atoms with E-state index in [0.717, 1.165) is 31.2 Å². The molecule has 2 saturated heterocycles. The number of likely N-dealkylation sites (tertiary alicyclic amines) is 1. The Labute approximate surface area is 244 Å². The molecule has 2 fully saturated rings. The van der Waals surface area contributed by atoms with Crippen LogP contribution in [-0.2, 0) is 23.2 Å². The van der Waals surface area contributed by atoms with Crippen molar-refractivity contribution in [2.75, 3.05) is 44.7 Å². The molecule has 1 aromatic heterocycles. The van der Waals surface area contributed by atoms with Crippen LogP contribution >= 0.6 is 0 Å². The van der Waals surface area contributed by atoms with Crippen molar-refractivity contribution in [1.29, 1.82) is 5.26 Å². The zero-order chi connectivity index (χ0) is 29.5. The fourth-order valence-corrected chi connectivity index (χ4v) is 7.02. The summed E-state index contributed by atoms with van der Waals surface area (Å²) in [5, 5.41) is 9.48. The number of likely N-dealkylation sites (N-methyl/N-ethyl adjacent to an activating group) is 1. The topological polar surface area (TPSA) is 94.8 Å². The molecule has 2 aromatic rings. The molecule has 3 atom stereocenters. The summed E-state index contributed by atoms with van der Waals surface area (Å²) in [6.45, 7) is 4.63. The van der Waals surface area contributed by atoms with Gasteiger partial charge in [-0.05, 0) is 56.4 Å². The predicted molar refractivity (Wildman–Crippen MR) is 152 cm³/mol. The summed E-state index contributed by atoms with van der Waals surface area (Å²) in [5.74, 6) is -1.87. The van der Waals surface area contributed by atoms with E-state index in [1.165, 1.54) is 17.2 Å². The highest BCUT2D eigenvalue weighted by atomic mass is 19.3. The Bertz CT molecular complexity index is 1410. The third kappa shape index (κ3) is 5.28. The van der Waals surface area contributed by atoms with Crippen LogP contribution in [0, 0.1) is 11.3 Å². The summed E-state index contributed by atoms with van der Waals surface area (Å²) in [6, 6.07) is 9.87. The smallest absolute Gasteiger partial charge is 0.321 e. The molecule has 0 saturated carbocycles. The van der Waals surface area contributed by atoms with E-state index in [9.17, 15) is 18.8 Å². The number of fused-ring (bicyclic) bond motifs is 3. The average molecular weight is 579 g/mol. The molecule has 4 heterocycles. The second-order valence-corrected chi connectivity index (χ2v) is 11.9. The number of rotatable bonds is 6. The number of benzene rings is 1. The van der Waals surface area contributed by atoms with Crippen molar-refractivity contribution in [1.82, 2.24) is 19.8 Å². The number of piperazine rings is 1. The van der Waals surface area contributed by atoms with E-state index < -0.39 is 17.6 Å². The molecule has 1 aliphatic carbocycles. The van der Waals surface area contributed by atoms with Crippen LogP contribution in [0.3, 0.4) is 0 Å². The first-order chi connectivity index (χ1) is 20.2. The maximum atomic E-state index is 14.0. The number of aromatic nitrogens is 2. The zero-order valence-corrected chi connectivity index (χ0v) is 23.9. The molecular formula is C31H36F2N6O3. The van der Waals surface area contributed by atoms with Crippen molar-refractivity contribution in [2.45, 2.75) is 68.6 Å². The first-order valence-electron chi connectivity index (χ1n) is 14.7. The summed E-state index contributed by atoms with van der Waals surface area (Å²) < 4.78 is 40.9. The molecule has 6 rings (SSSR count). The highest BCUT2D eigenvalue weighted by Crippen LogP contribution is 2.48. The number of halogens is 2. The number of ether oxygens (including phenoxy) is 2. The van der Waals surface area contributed by atoms with Crippen molar-refractivity contribution in [3.63, 3.8) is 0 Å². The number of nitriles is 1. The molecule has 11 heteroatoms. The normalized spacial score (nSPS) is 26.6. The molecule has 1 aromatic carbocycles. The molecule has 0 bridgehead atoms. The number of alkyl halides is 2. The van der Waals surface area contributed by atoms with Gasteiger partial charge in [0, 0.05) is 32.1 Å². The Balaban J connectivity index is 1.34. The fraction of sp³-hybridized carbons (Fsp3) is 0.548. The van der Waals surface area contributed by atoms with E-state index in [4.69, 9.17) is 19.4 Å². The van der Waals surface area contributed by atoms with Gasteiger partial charge in [-0.25, -0.2) is 8.78 Å². The number of anilines is 1. The summed E-state index contributed by atoms with van der Waals surface area (Å²) in [5.41, 5.74) is 2.83. The number of hydrogen-bond acceptors (Lipinski definition) is 8. The van der Waals surface area contributed by atoms with Crippen LogP contribution in [0.5, 0.6) is 11.9 Å². The molecule has 3 aliphatic heterocycles. The maximum Gasteiger partial charge on any atom is 0.321 e. The largest absolute Gasteiger partial charge is 0.466 e. The quantitative estimate of drug-likeness (QED) is 0.477. The standard InChI is InChI=1S/C31H36F2N6O3/c1-3-26(40)39-16-15-38(18-22(39)11-14-34)27-24-10-13-30(12-6-8-21-7-4-5-9-25(21)30)42-28(24)36-29(35-27)41-19-23-17-31(32,33)20-37(23)2/h3-5,7,9,22-23H,1,6,8,10-13,15-20H2,2H3/t22-,23-,30?/m0/s1. The molecule has 1 amide bonds. The van der Waals surface area contributed by atoms with Crippen LogP contribution in [0.25, 0.3) is 0 Å². The molecule has 222 valence electrons. The van der Waals surface area contributed by atoms with E-state index in [2.05, 4.69) is 35.7 Å². The SMILES string of the molecule is C=CC(=O)N1CCN(c2nc(OC[C@@H]3CC(F)(F)CN3C)nc3c2CCC2(CCCc4ccccc42)O3)C[C@@H]1CC#N. The van der Waals surface area contributed by atoms with E-state index in [1.807, 2.05) is 6.07 Å². The lowest BCUT2D eigenvalue weighted by Crippen LogP contribution is -2.55. The van der Waals surface area contributed by atoms with Crippen LogP contribution in [0.15, 0.2) is 36.9 Å². The third-order valence-electron chi connectivity index (χ3n) is 9.14. The van der Waals surface area contributed by atoms with Gasteiger partial charge in [0.15, 0.2) is 0 Å². The molecule has 4 aliphatic rings. The average Bonchev–Trinajstić information content (AvgIpc) is 3.26. The first kappa shape index (κ1) is 28.3. The molecular weight excluding hydrogens is 542 g/mol. The Morgan fingerprint density at radius 3 is 2.83 bits per heavy atom. The van der Waals surface area contributed by atoms with E-state index in [0.29, 0.717) is 37.8 Å². The summed E-state index contributed by atoms with van der Waals surface area (Å²) in [4.78, 5) is 27.3. The fourth-order valence-electron chi connectivity index (χ4n) is 7.02. The Kier molecular flexibility index (Phi) is 7.51. The van der Waals surface area contributed by atoms with Gasteiger partial charge in [0.05, 0.1) is 30.6 Å². The van der Waals surface area contributed by atoms with Crippen molar-refractivity contribution in [3.05, 3.63) is 53.6 Å². The highest BCUT2D eigenvalue weighted by Gasteiger charge is 2.45. The number of hydrogen-bond donors (Lipinski definition) is 0. The lowest BCUT2D eigenvalue weighted by molar-refractivity contribution is -0.128. The molecule has 0 radical (unpaired) electrons. The van der Waals surface area contributed by atoms with Gasteiger partial charge < -0.3 is 19.3 Å². The van der Waals surface area contributed by atoms with Gasteiger partial charge in [-0.1, -0.05) is 30.8 Å². The Morgan fingerprint density at radius 2 is 2.07 bits per heavy atom. The minimum absolute atomic E-state index is 0.0248. The zero-order valence-electron chi connectivity index (χ0n) is 23.9. The summed E-state index contributed by atoms with van der Waals surface area (Å²) >= 11 is 0. The van der Waals surface area contributed by atoms with E-state index in [1.54, 1.807) is 16.8 Å². The molecule has 42 heavy (non-hydrogen) atoms. The minimum atomic E-state index is -2.76. The van der Waals surface area contributed by atoms with Crippen LogP contribution in [0.2, 0.25) is 0 Å². The van der Waals surface area contributed by atoms with Gasteiger partial charge in [-0.15, -0.1) is 0 Å². The van der Waals surface area contributed by atoms with Crippen molar-refractivity contribution >= 4 is 11.7 Å². The van der Waals surface area contributed by atoms with Gasteiger partial charge in [0.2, 0.25) is 11.8 Å². The second-order valence-electron chi connectivity index (χ2n) is 11.9. The van der Waals surface area contributed by atoms with E-state index in [-0.39, 0.29) is 44.0 Å². The number of carbonyl (C=O) groups excluding carboxylic acids is 1. The van der Waals surface area contributed by atoms with Crippen molar-refractivity contribution in [3.8, 4) is 18.0 Å². The van der Waals surface area contributed by atoms with Gasteiger partial charge >= 0.3 is 6.01 Å². The third-order valence-corrected chi connectivity index (χ3v) is 9.14. The number of aryl methyl sites for hydroxylation is 1. The number of carbonyl (C=O) groups is 1. The maximum absolute atomic E-state index is 14.0. The number of amides is 1. The van der Waals surface area contributed by atoms with Gasteiger partial charge in [0.1, 0.15) is 18.0 Å². The Hall–Kier alpha value is -3.78. The van der Waals surface area contributed by atoms with Crippen LogP contribution in [0.1, 0.15) is 48.8 Å². The van der Waals surface area contributed by atoms with Crippen LogP contribution in [-0.4, -0.2) is 83.5 Å². The molecule has 9 nitrogen and oxygen atoms in total. The number of nitrogens with zero attached hydrogens (tertiary/aromatic N) is 6. The monoisotopic (exact) mass is 578 g/mol. The molecule has 0 N–H and O–H groups in total. The van der Waals surface area contributed by atoms with Crippen molar-refractivity contribution in [2.24, 2.45) is 0 Å². The summed E-state index contributed by atoms with van der Waals surface area (Å²) in [7, 11) is 1.67. The second kappa shape index (κ2) is 11.1. The predicted octanol–water partition coefficient (Wildman–Crippen LogP) is 3.87. The van der Waals surface area contributed by atoms with Gasteiger partial charge in [-0.3, -0.25) is 9.69 Å². The highest BCUT2D eigenvalue weighted by molar-refractivity contribution is 5.87. The van der Waals surface area contributed by atoms with Gasteiger partial charge in [0.25, 0.3) is 5.92 Å².